The zero-order valence-corrected chi connectivity index (χ0v) is 11.0. The molecule has 0 heterocycles. The zero-order valence-electron chi connectivity index (χ0n) is 10.2. The molecule has 0 saturated carbocycles. The normalized spacial score (nSPS) is 8.08. The molecule has 0 saturated heterocycles. The number of thioether (sulfide) groups is 1. The predicted molar refractivity (Wildman–Crippen MR) is 68.0 cm³/mol. The summed E-state index contributed by atoms with van der Waals surface area (Å²) in [6.07, 6.45) is 5.02. The molecule has 78 valence electrons. The minimum absolute atomic E-state index is 0.942. The maximum atomic E-state index is 3.04. The van der Waals surface area contributed by atoms with E-state index in [0.29, 0.717) is 0 Å². The second-order valence-corrected chi connectivity index (χ2v) is 2.36. The smallest absolute Gasteiger partial charge is 0.0527 e. The van der Waals surface area contributed by atoms with Gasteiger partial charge in [0.2, 0.25) is 0 Å². The predicted octanol–water partition coefficient (Wildman–Crippen LogP) is 4.72. The maximum Gasteiger partial charge on any atom is 0.0527 e. The largest absolute Gasteiger partial charge is 0.121 e. The Bertz CT molecular complexity index is 146. The van der Waals surface area contributed by atoms with Crippen LogP contribution in [0.1, 0.15) is 48.0 Å². The highest BCUT2D eigenvalue weighted by Crippen LogP contribution is 2.08. The fraction of sp³-hybridized carbons (Fsp3) is 0.667. The summed E-state index contributed by atoms with van der Waals surface area (Å²) in [7, 11) is 0. The molecule has 0 amide bonds. The van der Waals surface area contributed by atoms with E-state index in [0.717, 1.165) is 11.3 Å². The van der Waals surface area contributed by atoms with Crippen LogP contribution in [0.4, 0.5) is 0 Å². The van der Waals surface area contributed by atoms with Crippen molar-refractivity contribution < 1.29 is 0 Å². The molecule has 0 aliphatic carbocycles. The van der Waals surface area contributed by atoms with Gasteiger partial charge in [0.15, 0.2) is 0 Å². The van der Waals surface area contributed by atoms with E-state index in [9.17, 15) is 0 Å². The Morgan fingerprint density at radius 1 is 1.23 bits per heavy atom. The van der Waals surface area contributed by atoms with Crippen LogP contribution in [0.3, 0.4) is 0 Å². The Kier molecular flexibility index (Phi) is 32.0. The van der Waals surface area contributed by atoms with Crippen LogP contribution >= 0.6 is 11.8 Å². The first-order valence-electron chi connectivity index (χ1n) is 5.04. The van der Waals surface area contributed by atoms with Crippen LogP contribution < -0.4 is 0 Å². The minimum atomic E-state index is 0.942. The fourth-order valence-electron chi connectivity index (χ4n) is 0.417. The van der Waals surface area contributed by atoms with E-state index in [4.69, 9.17) is 0 Å². The van der Waals surface area contributed by atoms with E-state index >= 15 is 0 Å². The average molecular weight is 200 g/mol. The van der Waals surface area contributed by atoms with E-state index in [1.807, 2.05) is 47.0 Å². The van der Waals surface area contributed by atoms with E-state index in [1.54, 1.807) is 11.8 Å². The lowest BCUT2D eigenvalue weighted by atomic mass is 10.4. The Morgan fingerprint density at radius 3 is 1.92 bits per heavy atom. The van der Waals surface area contributed by atoms with Crippen LogP contribution in [0, 0.1) is 11.8 Å². The molecule has 1 heteroatoms. The number of hydrogen-bond donors (Lipinski definition) is 0. The van der Waals surface area contributed by atoms with Gasteiger partial charge >= 0.3 is 0 Å². The summed E-state index contributed by atoms with van der Waals surface area (Å²) in [6, 6.07) is 0. The van der Waals surface area contributed by atoms with Crippen LogP contribution in [0.25, 0.3) is 0 Å². The van der Waals surface area contributed by atoms with Crippen molar-refractivity contribution in [2.24, 2.45) is 0 Å². The van der Waals surface area contributed by atoms with E-state index < -0.39 is 0 Å². The lowest BCUT2D eigenvalue weighted by Gasteiger charge is -1.86. The minimum Gasteiger partial charge on any atom is -0.121 e. The van der Waals surface area contributed by atoms with Gasteiger partial charge in [-0.1, -0.05) is 52.5 Å². The summed E-state index contributed by atoms with van der Waals surface area (Å²) in [5.41, 5.74) is 0. The Hall–Kier alpha value is -0.350. The molecule has 0 N–H and O–H groups in total. The van der Waals surface area contributed by atoms with Gasteiger partial charge in [0, 0.05) is 6.42 Å². The Balaban J connectivity index is -0.000000218. The Morgan fingerprint density at radius 2 is 1.69 bits per heavy atom. The van der Waals surface area contributed by atoms with Crippen molar-refractivity contribution in [1.29, 1.82) is 0 Å². The zero-order chi connectivity index (χ0) is 11.1. The molecule has 0 nitrogen and oxygen atoms in total. The first-order chi connectivity index (χ1) is 6.35. The maximum absolute atomic E-state index is 3.04. The summed E-state index contributed by atoms with van der Waals surface area (Å²) in [5, 5.41) is 0. The monoisotopic (exact) mass is 200 g/mol. The summed E-state index contributed by atoms with van der Waals surface area (Å²) in [6.45, 7) is 12.1. The van der Waals surface area contributed by atoms with Gasteiger partial charge in [-0.05, 0) is 13.2 Å². The standard InChI is InChI=1S/C8H12S.2C2H6/c1-4-6-7-8(5-2)9-3;2*1-2/h5H,4H2,1-3H3;2*1-2H3/b8-5-;;. The molecule has 13 heavy (non-hydrogen) atoms. The van der Waals surface area contributed by atoms with Gasteiger partial charge < -0.3 is 0 Å². The van der Waals surface area contributed by atoms with Gasteiger partial charge in [0.25, 0.3) is 0 Å². The lowest BCUT2D eigenvalue weighted by molar-refractivity contribution is 1.28. The molecule has 0 bridgehead atoms. The quantitative estimate of drug-likeness (QED) is 0.552. The van der Waals surface area contributed by atoms with Gasteiger partial charge in [0.05, 0.1) is 4.91 Å². The molecule has 0 unspecified atom stereocenters. The molecule has 0 aliphatic rings. The molecule has 0 radical (unpaired) electrons. The van der Waals surface area contributed by atoms with Crippen molar-refractivity contribution in [2.75, 3.05) is 6.26 Å². The average Bonchev–Trinajstić information content (AvgIpc) is 2.25. The van der Waals surface area contributed by atoms with Crippen LogP contribution in [0.5, 0.6) is 0 Å². The third-order valence-corrected chi connectivity index (χ3v) is 1.65. The molecule has 0 aromatic heterocycles. The first kappa shape index (κ1) is 18.4. The van der Waals surface area contributed by atoms with Gasteiger partial charge in [0.1, 0.15) is 0 Å². The fourth-order valence-corrected chi connectivity index (χ4v) is 0.826. The van der Waals surface area contributed by atoms with Crippen molar-refractivity contribution in [1.82, 2.24) is 0 Å². The molecular formula is C12H24S. The first-order valence-corrected chi connectivity index (χ1v) is 6.26. The molecule has 0 atom stereocenters. The van der Waals surface area contributed by atoms with Crippen molar-refractivity contribution in [3.63, 3.8) is 0 Å². The molecule has 0 spiro atoms. The van der Waals surface area contributed by atoms with Gasteiger partial charge in [-0.2, -0.15) is 0 Å². The molecule has 0 aliphatic heterocycles. The molecule has 0 rings (SSSR count). The van der Waals surface area contributed by atoms with E-state index in [2.05, 4.69) is 18.8 Å². The van der Waals surface area contributed by atoms with Crippen molar-refractivity contribution in [3.05, 3.63) is 11.0 Å². The van der Waals surface area contributed by atoms with Crippen LogP contribution in [0.2, 0.25) is 0 Å². The van der Waals surface area contributed by atoms with Crippen molar-refractivity contribution >= 4 is 11.8 Å². The third-order valence-electron chi connectivity index (χ3n) is 0.870. The van der Waals surface area contributed by atoms with Crippen LogP contribution in [-0.4, -0.2) is 6.26 Å². The lowest BCUT2D eigenvalue weighted by Crippen LogP contribution is -1.65. The molecule has 0 fully saturated rings. The second kappa shape index (κ2) is 22.6. The number of rotatable bonds is 1. The van der Waals surface area contributed by atoms with Crippen LogP contribution in [0.15, 0.2) is 11.0 Å². The Labute approximate surface area is 89.2 Å². The van der Waals surface area contributed by atoms with Crippen molar-refractivity contribution in [3.8, 4) is 11.8 Å². The highest BCUT2D eigenvalue weighted by molar-refractivity contribution is 8.02. The van der Waals surface area contributed by atoms with Gasteiger partial charge in [-0.15, -0.1) is 11.8 Å². The summed E-state index contributed by atoms with van der Waals surface area (Å²) in [4.78, 5) is 1.16. The second-order valence-electron chi connectivity index (χ2n) is 1.51. The van der Waals surface area contributed by atoms with Crippen molar-refractivity contribution in [2.45, 2.75) is 48.0 Å². The summed E-state index contributed by atoms with van der Waals surface area (Å²) >= 11 is 1.70. The van der Waals surface area contributed by atoms with E-state index in [-0.39, 0.29) is 0 Å². The van der Waals surface area contributed by atoms with E-state index in [1.165, 1.54) is 0 Å². The van der Waals surface area contributed by atoms with Crippen LogP contribution in [-0.2, 0) is 0 Å². The SMILES string of the molecule is C/C=C(/C#CCC)SC.CC.CC. The molecule has 0 aromatic rings. The molecular weight excluding hydrogens is 176 g/mol. The van der Waals surface area contributed by atoms with Gasteiger partial charge in [-0.3, -0.25) is 0 Å². The highest BCUT2D eigenvalue weighted by Gasteiger charge is 1.81. The summed E-state index contributed by atoms with van der Waals surface area (Å²) in [5.74, 6) is 6.05. The highest BCUT2D eigenvalue weighted by atomic mass is 32.2. The molecule has 0 aromatic carbocycles. The van der Waals surface area contributed by atoms with Gasteiger partial charge in [-0.25, -0.2) is 0 Å². The third kappa shape index (κ3) is 18.5. The number of hydrogen-bond acceptors (Lipinski definition) is 1. The summed E-state index contributed by atoms with van der Waals surface area (Å²) < 4.78 is 0. The number of allylic oxidation sites excluding steroid dienone is 2. The topological polar surface area (TPSA) is 0 Å².